The van der Waals surface area contributed by atoms with Crippen LogP contribution >= 0.6 is 22.6 Å². The van der Waals surface area contributed by atoms with Crippen LogP contribution in [0.1, 0.15) is 66.2 Å². The summed E-state index contributed by atoms with van der Waals surface area (Å²) in [5.74, 6) is 0.798. The minimum absolute atomic E-state index is 0.0169. The quantitative estimate of drug-likeness (QED) is 0.100. The molecule has 26 heavy (non-hydrogen) atoms. The zero-order valence-corrected chi connectivity index (χ0v) is 20.5. The van der Waals surface area contributed by atoms with Gasteiger partial charge < -0.3 is 9.16 Å². The highest BCUT2D eigenvalue weighted by atomic mass is 127. The van der Waals surface area contributed by atoms with Gasteiger partial charge in [0.25, 0.3) is 0 Å². The normalized spacial score (nSPS) is 30.7. The number of hydrogen-bond donors (Lipinski definition) is 0. The number of unbranched alkanes of at least 4 members (excludes halogenated alkanes) is 2. The average molecular weight is 493 g/mol. The first-order chi connectivity index (χ1) is 12.0. The van der Waals surface area contributed by atoms with E-state index in [1.807, 2.05) is 0 Å². The van der Waals surface area contributed by atoms with Gasteiger partial charge in [-0.3, -0.25) is 4.79 Å². The van der Waals surface area contributed by atoms with Crippen LogP contribution in [-0.2, 0) is 14.0 Å². The predicted molar refractivity (Wildman–Crippen MR) is 119 cm³/mol. The number of halogens is 1. The van der Waals surface area contributed by atoms with Crippen molar-refractivity contribution in [2.45, 2.75) is 100 Å². The van der Waals surface area contributed by atoms with Crippen LogP contribution in [0.15, 0.2) is 12.2 Å². The molecule has 0 amide bonds. The molecule has 1 aliphatic heterocycles. The number of esters is 1. The maximum absolute atomic E-state index is 11.7. The van der Waals surface area contributed by atoms with Gasteiger partial charge in [-0.1, -0.05) is 81.7 Å². The SMILES string of the molecule is CCCCC[C@@H](/C=C/[C@H]1C[C@@H](I)[C@@H]2OC(=O)C[C@@H]21)O[Si](C)(C)C(C)(C)C. The van der Waals surface area contributed by atoms with Crippen molar-refractivity contribution in [2.24, 2.45) is 11.8 Å². The zero-order valence-electron chi connectivity index (χ0n) is 17.4. The molecular formula is C21H37IO3Si. The van der Waals surface area contributed by atoms with Crippen molar-refractivity contribution in [3.05, 3.63) is 12.2 Å². The molecule has 2 aliphatic rings. The lowest BCUT2D eigenvalue weighted by atomic mass is 9.92. The van der Waals surface area contributed by atoms with Crippen molar-refractivity contribution in [3.8, 4) is 0 Å². The first-order valence-corrected chi connectivity index (χ1v) is 14.4. The Balaban J connectivity index is 2.05. The minimum atomic E-state index is -1.79. The molecule has 0 spiro atoms. The maximum atomic E-state index is 11.7. The standard InChI is InChI=1S/C21H37IO3Si/c1-7-8-9-10-16(25-26(5,6)21(2,3)4)12-11-15-13-18(22)20-17(15)14-19(23)24-20/h11-12,15-18,20H,7-10,13-14H2,1-6H3/b12-11+/t15-,16-,17+,18+,20+/m0/s1. The van der Waals surface area contributed by atoms with E-state index in [1.54, 1.807) is 0 Å². The van der Waals surface area contributed by atoms with Crippen LogP contribution in [0.5, 0.6) is 0 Å². The fourth-order valence-electron chi connectivity index (χ4n) is 3.73. The molecule has 0 radical (unpaired) electrons. The Morgan fingerprint density at radius 3 is 2.65 bits per heavy atom. The van der Waals surface area contributed by atoms with Gasteiger partial charge in [-0.05, 0) is 36.9 Å². The van der Waals surface area contributed by atoms with Crippen molar-refractivity contribution in [1.82, 2.24) is 0 Å². The number of alkyl halides is 1. The van der Waals surface area contributed by atoms with Gasteiger partial charge in [0.2, 0.25) is 0 Å². The third-order valence-corrected chi connectivity index (χ3v) is 12.1. The Morgan fingerprint density at radius 1 is 1.35 bits per heavy atom. The van der Waals surface area contributed by atoms with Gasteiger partial charge in [0, 0.05) is 9.84 Å². The van der Waals surface area contributed by atoms with E-state index in [0.717, 1.165) is 12.8 Å². The van der Waals surface area contributed by atoms with Crippen molar-refractivity contribution in [1.29, 1.82) is 0 Å². The molecule has 1 aliphatic carbocycles. The first-order valence-electron chi connectivity index (χ1n) is 10.2. The number of allylic oxidation sites excluding steroid dienone is 1. The van der Waals surface area contributed by atoms with Gasteiger partial charge in [0.15, 0.2) is 8.32 Å². The molecule has 150 valence electrons. The molecule has 5 atom stereocenters. The summed E-state index contributed by atoms with van der Waals surface area (Å²) in [5.41, 5.74) is 0. The summed E-state index contributed by atoms with van der Waals surface area (Å²) < 4.78 is 12.7. The van der Waals surface area contributed by atoms with E-state index in [4.69, 9.17) is 9.16 Å². The van der Waals surface area contributed by atoms with E-state index >= 15 is 0 Å². The fraction of sp³-hybridized carbons (Fsp3) is 0.857. The lowest BCUT2D eigenvalue weighted by Gasteiger charge is -2.38. The fourth-order valence-corrected chi connectivity index (χ4v) is 6.31. The third kappa shape index (κ3) is 5.57. The van der Waals surface area contributed by atoms with Gasteiger partial charge in [-0.25, -0.2) is 0 Å². The summed E-state index contributed by atoms with van der Waals surface area (Å²) in [5, 5.41) is 0.224. The van der Waals surface area contributed by atoms with E-state index in [9.17, 15) is 4.79 Å². The summed E-state index contributed by atoms with van der Waals surface area (Å²) in [7, 11) is -1.79. The lowest BCUT2D eigenvalue weighted by Crippen LogP contribution is -2.43. The van der Waals surface area contributed by atoms with Crippen molar-refractivity contribution >= 4 is 36.9 Å². The number of carbonyl (C=O) groups excluding carboxylic acids is 1. The van der Waals surface area contributed by atoms with Crippen LogP contribution in [0.2, 0.25) is 18.1 Å². The van der Waals surface area contributed by atoms with E-state index in [0.29, 0.717) is 22.2 Å². The largest absolute Gasteiger partial charge is 0.461 e. The smallest absolute Gasteiger partial charge is 0.306 e. The Kier molecular flexibility index (Phi) is 7.82. The van der Waals surface area contributed by atoms with Gasteiger partial charge in [0.1, 0.15) is 6.10 Å². The maximum Gasteiger partial charge on any atom is 0.306 e. The van der Waals surface area contributed by atoms with Gasteiger partial charge >= 0.3 is 5.97 Å². The summed E-state index contributed by atoms with van der Waals surface area (Å²) in [4.78, 5) is 11.7. The molecule has 0 aromatic carbocycles. The summed E-state index contributed by atoms with van der Waals surface area (Å²) in [6.45, 7) is 13.8. The van der Waals surface area contributed by atoms with Crippen LogP contribution in [0.3, 0.4) is 0 Å². The van der Waals surface area contributed by atoms with Gasteiger partial charge in [-0.2, -0.15) is 0 Å². The van der Waals surface area contributed by atoms with Gasteiger partial charge in [-0.15, -0.1) is 0 Å². The van der Waals surface area contributed by atoms with Crippen LogP contribution in [0, 0.1) is 11.8 Å². The van der Waals surface area contributed by atoms with E-state index in [-0.39, 0.29) is 23.2 Å². The molecule has 2 rings (SSSR count). The molecule has 0 unspecified atom stereocenters. The molecule has 1 saturated carbocycles. The minimum Gasteiger partial charge on any atom is -0.461 e. The number of carbonyl (C=O) groups is 1. The molecular weight excluding hydrogens is 455 g/mol. The van der Waals surface area contributed by atoms with Gasteiger partial charge in [0.05, 0.1) is 12.5 Å². The second-order valence-electron chi connectivity index (χ2n) is 9.54. The Morgan fingerprint density at radius 2 is 2.04 bits per heavy atom. The molecule has 0 aromatic rings. The van der Waals surface area contributed by atoms with Crippen molar-refractivity contribution < 1.29 is 14.0 Å². The monoisotopic (exact) mass is 492 g/mol. The van der Waals surface area contributed by atoms with Crippen molar-refractivity contribution in [3.63, 3.8) is 0 Å². The van der Waals surface area contributed by atoms with Crippen LogP contribution in [-0.4, -0.2) is 30.4 Å². The summed E-state index contributed by atoms with van der Waals surface area (Å²) in [6, 6.07) is 0. The second-order valence-corrected chi connectivity index (χ2v) is 15.9. The topological polar surface area (TPSA) is 35.5 Å². The Hall–Kier alpha value is 0.117. The van der Waals surface area contributed by atoms with Crippen LogP contribution in [0.25, 0.3) is 0 Å². The predicted octanol–water partition coefficient (Wildman–Crippen LogP) is 6.27. The van der Waals surface area contributed by atoms with E-state index in [1.165, 1.54) is 19.3 Å². The molecule has 0 aromatic heterocycles. The zero-order chi connectivity index (χ0) is 19.5. The van der Waals surface area contributed by atoms with Crippen molar-refractivity contribution in [2.75, 3.05) is 0 Å². The highest BCUT2D eigenvalue weighted by molar-refractivity contribution is 14.1. The molecule has 1 saturated heterocycles. The lowest BCUT2D eigenvalue weighted by molar-refractivity contribution is -0.141. The third-order valence-electron chi connectivity index (χ3n) is 6.41. The second kappa shape index (κ2) is 9.08. The highest BCUT2D eigenvalue weighted by Gasteiger charge is 2.48. The van der Waals surface area contributed by atoms with E-state index < -0.39 is 8.32 Å². The molecule has 1 heterocycles. The molecule has 2 fully saturated rings. The summed E-state index contributed by atoms with van der Waals surface area (Å²) in [6.07, 6.45) is 11.5. The number of rotatable bonds is 8. The molecule has 3 nitrogen and oxygen atoms in total. The molecule has 0 bridgehead atoms. The number of hydrogen-bond acceptors (Lipinski definition) is 3. The first kappa shape index (κ1) is 22.4. The Labute approximate surface area is 174 Å². The average Bonchev–Trinajstić information content (AvgIpc) is 3.03. The number of ether oxygens (including phenoxy) is 1. The highest BCUT2D eigenvalue weighted by Crippen LogP contribution is 2.45. The van der Waals surface area contributed by atoms with Crippen LogP contribution in [0.4, 0.5) is 0 Å². The Bertz CT molecular complexity index is 512. The molecule has 0 N–H and O–H groups in total. The number of fused-ring (bicyclic) bond motifs is 1. The van der Waals surface area contributed by atoms with E-state index in [2.05, 4.69) is 75.5 Å². The molecule has 5 heteroatoms. The van der Waals surface area contributed by atoms with Crippen LogP contribution < -0.4 is 0 Å². The summed E-state index contributed by atoms with van der Waals surface area (Å²) >= 11 is 2.46.